The molecule has 0 saturated carbocycles. The van der Waals surface area contributed by atoms with E-state index in [1.807, 2.05) is 37.3 Å². The molecule has 2 aromatic carbocycles. The lowest BCUT2D eigenvalue weighted by atomic mass is 10.2. The topological polar surface area (TPSA) is 50.7 Å². The van der Waals surface area contributed by atoms with Gasteiger partial charge in [0.05, 0.1) is 13.7 Å². The van der Waals surface area contributed by atoms with Gasteiger partial charge in [0.2, 0.25) is 0 Å². The van der Waals surface area contributed by atoms with E-state index in [1.165, 1.54) is 0 Å². The first-order chi connectivity index (χ1) is 9.74. The molecular weight excluding hydrogens is 254 g/mol. The van der Waals surface area contributed by atoms with Gasteiger partial charge in [-0.25, -0.2) is 0 Å². The predicted molar refractivity (Wildman–Crippen MR) is 79.6 cm³/mol. The fourth-order valence-electron chi connectivity index (χ4n) is 1.91. The minimum atomic E-state index is 0.290. The van der Waals surface area contributed by atoms with E-state index < -0.39 is 0 Å². The van der Waals surface area contributed by atoms with Crippen LogP contribution in [0.2, 0.25) is 0 Å². The Morgan fingerprint density at radius 1 is 1.10 bits per heavy atom. The molecule has 0 aliphatic rings. The Bertz CT molecular complexity index is 569. The Balaban J connectivity index is 2.10. The third-order valence-corrected chi connectivity index (χ3v) is 2.94. The van der Waals surface area contributed by atoms with Crippen molar-refractivity contribution >= 4 is 5.69 Å². The summed E-state index contributed by atoms with van der Waals surface area (Å²) >= 11 is 0. The summed E-state index contributed by atoms with van der Waals surface area (Å²) in [6.07, 6.45) is 0. The van der Waals surface area contributed by atoms with E-state index in [0.717, 1.165) is 11.3 Å². The van der Waals surface area contributed by atoms with Crippen molar-refractivity contribution in [1.82, 2.24) is 0 Å². The second-order valence-electron chi connectivity index (χ2n) is 4.28. The maximum atomic E-state index is 9.72. The van der Waals surface area contributed by atoms with Crippen molar-refractivity contribution in [2.45, 2.75) is 13.5 Å². The average molecular weight is 273 g/mol. The summed E-state index contributed by atoms with van der Waals surface area (Å²) in [6, 6.07) is 12.9. The number of phenolic OH excluding ortho intramolecular Hbond substituents is 1. The molecule has 4 nitrogen and oxygen atoms in total. The molecule has 0 heterocycles. The second-order valence-corrected chi connectivity index (χ2v) is 4.28. The minimum Gasteiger partial charge on any atom is -0.508 e. The van der Waals surface area contributed by atoms with E-state index in [4.69, 9.17) is 9.47 Å². The van der Waals surface area contributed by atoms with Gasteiger partial charge < -0.3 is 19.9 Å². The lowest BCUT2D eigenvalue weighted by Gasteiger charge is -2.13. The molecule has 2 N–H and O–H groups in total. The number of ether oxygens (including phenoxy) is 2. The Labute approximate surface area is 119 Å². The highest BCUT2D eigenvalue weighted by Gasteiger charge is 2.06. The maximum absolute atomic E-state index is 9.72. The van der Waals surface area contributed by atoms with Crippen molar-refractivity contribution < 1.29 is 14.6 Å². The molecule has 0 aliphatic carbocycles. The van der Waals surface area contributed by atoms with Crippen LogP contribution in [0, 0.1) is 0 Å². The number of para-hydroxylation sites is 1. The minimum absolute atomic E-state index is 0.290. The Kier molecular flexibility index (Phi) is 4.71. The molecule has 0 saturated heterocycles. The zero-order valence-electron chi connectivity index (χ0n) is 11.7. The Morgan fingerprint density at radius 3 is 2.60 bits per heavy atom. The van der Waals surface area contributed by atoms with Crippen molar-refractivity contribution in [3.63, 3.8) is 0 Å². The van der Waals surface area contributed by atoms with E-state index in [1.54, 1.807) is 19.2 Å². The van der Waals surface area contributed by atoms with E-state index >= 15 is 0 Å². The highest BCUT2D eigenvalue weighted by molar-refractivity contribution is 5.55. The van der Waals surface area contributed by atoms with Crippen LogP contribution in [0.4, 0.5) is 5.69 Å². The summed E-state index contributed by atoms with van der Waals surface area (Å²) in [6.45, 7) is 3.06. The molecule has 2 aromatic rings. The molecule has 0 fully saturated rings. The van der Waals surface area contributed by atoms with Crippen molar-refractivity contribution in [3.05, 3.63) is 48.0 Å². The number of hydrogen-bond donors (Lipinski definition) is 2. The smallest absolute Gasteiger partial charge is 0.163 e. The second kappa shape index (κ2) is 6.70. The predicted octanol–water partition coefficient (Wildman–Crippen LogP) is 3.41. The molecule has 0 spiro atoms. The number of benzene rings is 2. The molecule has 0 unspecified atom stereocenters. The van der Waals surface area contributed by atoms with Crippen LogP contribution in [0.1, 0.15) is 12.5 Å². The largest absolute Gasteiger partial charge is 0.508 e. The fraction of sp³-hybridized carbons (Fsp3) is 0.250. The van der Waals surface area contributed by atoms with Crippen LogP contribution >= 0.6 is 0 Å². The van der Waals surface area contributed by atoms with E-state index in [0.29, 0.717) is 30.4 Å². The van der Waals surface area contributed by atoms with Crippen molar-refractivity contribution in [2.75, 3.05) is 19.0 Å². The Morgan fingerprint density at radius 2 is 1.90 bits per heavy atom. The third kappa shape index (κ3) is 3.35. The monoisotopic (exact) mass is 273 g/mol. The molecule has 0 atom stereocenters. The standard InChI is InChI=1S/C16H19NO3/c1-3-20-16-10-13(8-9-15(16)19-2)17-11-12-6-4-5-7-14(12)18/h4-10,17-18H,3,11H2,1-2H3. The number of aromatic hydroxyl groups is 1. The molecule has 0 aromatic heterocycles. The quantitative estimate of drug-likeness (QED) is 0.846. The summed E-state index contributed by atoms with van der Waals surface area (Å²) < 4.78 is 10.8. The van der Waals surface area contributed by atoms with Gasteiger partial charge in [0.1, 0.15) is 5.75 Å². The number of methoxy groups -OCH3 is 1. The summed E-state index contributed by atoms with van der Waals surface area (Å²) in [7, 11) is 1.62. The van der Waals surface area contributed by atoms with Crippen molar-refractivity contribution in [2.24, 2.45) is 0 Å². The molecule has 0 radical (unpaired) electrons. The molecular formula is C16H19NO3. The summed E-state index contributed by atoms with van der Waals surface area (Å²) in [4.78, 5) is 0. The fourth-order valence-corrected chi connectivity index (χ4v) is 1.91. The highest BCUT2D eigenvalue weighted by atomic mass is 16.5. The van der Waals surface area contributed by atoms with Crippen LogP contribution in [0.5, 0.6) is 17.2 Å². The van der Waals surface area contributed by atoms with Gasteiger partial charge in [0.25, 0.3) is 0 Å². The average Bonchev–Trinajstić information content (AvgIpc) is 2.47. The zero-order chi connectivity index (χ0) is 14.4. The van der Waals surface area contributed by atoms with Gasteiger partial charge in [0.15, 0.2) is 11.5 Å². The van der Waals surface area contributed by atoms with Crippen LogP contribution in [0.3, 0.4) is 0 Å². The van der Waals surface area contributed by atoms with Crippen LogP contribution in [0.25, 0.3) is 0 Å². The summed E-state index contributed by atoms with van der Waals surface area (Å²) in [5, 5.41) is 13.0. The number of nitrogens with one attached hydrogen (secondary N) is 1. The van der Waals surface area contributed by atoms with Gasteiger partial charge >= 0.3 is 0 Å². The van der Waals surface area contributed by atoms with Crippen LogP contribution < -0.4 is 14.8 Å². The van der Waals surface area contributed by atoms with E-state index in [9.17, 15) is 5.11 Å². The van der Waals surface area contributed by atoms with Crippen molar-refractivity contribution in [1.29, 1.82) is 0 Å². The lowest BCUT2D eigenvalue weighted by Crippen LogP contribution is -2.01. The summed E-state index contributed by atoms with van der Waals surface area (Å²) in [5.41, 5.74) is 1.76. The first-order valence-corrected chi connectivity index (χ1v) is 6.56. The van der Waals surface area contributed by atoms with Gasteiger partial charge in [0, 0.05) is 23.9 Å². The van der Waals surface area contributed by atoms with Crippen LogP contribution in [-0.2, 0) is 6.54 Å². The normalized spacial score (nSPS) is 10.1. The van der Waals surface area contributed by atoms with Gasteiger partial charge in [-0.15, -0.1) is 0 Å². The van der Waals surface area contributed by atoms with E-state index in [2.05, 4.69) is 5.32 Å². The van der Waals surface area contributed by atoms with Gasteiger partial charge in [-0.05, 0) is 25.1 Å². The molecule has 2 rings (SSSR count). The van der Waals surface area contributed by atoms with E-state index in [-0.39, 0.29) is 0 Å². The van der Waals surface area contributed by atoms with Crippen LogP contribution in [-0.4, -0.2) is 18.8 Å². The van der Waals surface area contributed by atoms with Gasteiger partial charge in [-0.1, -0.05) is 18.2 Å². The first kappa shape index (κ1) is 14.1. The molecule has 0 bridgehead atoms. The molecule has 4 heteroatoms. The van der Waals surface area contributed by atoms with Crippen molar-refractivity contribution in [3.8, 4) is 17.2 Å². The van der Waals surface area contributed by atoms with Gasteiger partial charge in [-0.3, -0.25) is 0 Å². The maximum Gasteiger partial charge on any atom is 0.163 e. The first-order valence-electron chi connectivity index (χ1n) is 6.56. The lowest BCUT2D eigenvalue weighted by molar-refractivity contribution is 0.311. The molecule has 106 valence electrons. The molecule has 0 aliphatic heterocycles. The third-order valence-electron chi connectivity index (χ3n) is 2.94. The highest BCUT2D eigenvalue weighted by Crippen LogP contribution is 2.30. The number of hydrogen-bond acceptors (Lipinski definition) is 4. The number of anilines is 1. The molecule has 0 amide bonds. The molecule has 20 heavy (non-hydrogen) atoms. The van der Waals surface area contributed by atoms with Gasteiger partial charge in [-0.2, -0.15) is 0 Å². The van der Waals surface area contributed by atoms with Crippen LogP contribution in [0.15, 0.2) is 42.5 Å². The summed E-state index contributed by atoms with van der Waals surface area (Å²) in [5.74, 6) is 1.70. The number of rotatable bonds is 6. The Hall–Kier alpha value is -2.36. The SMILES string of the molecule is CCOc1cc(NCc2ccccc2O)ccc1OC. The zero-order valence-corrected chi connectivity index (χ0v) is 11.7. The number of phenols is 1.